The number of aliphatic hydroxyl groups is 1. The molecule has 2 heterocycles. The lowest BCUT2D eigenvalue weighted by molar-refractivity contribution is -0.0485. The quantitative estimate of drug-likeness (QED) is 0.848. The Hall–Kier alpha value is -1.58. The van der Waals surface area contributed by atoms with E-state index in [0.717, 1.165) is 31.7 Å². The van der Waals surface area contributed by atoms with Gasteiger partial charge in [-0.2, -0.15) is 0 Å². The molecule has 3 nitrogen and oxygen atoms in total. The van der Waals surface area contributed by atoms with Gasteiger partial charge in [-0.25, -0.2) is 0 Å². The van der Waals surface area contributed by atoms with Gasteiger partial charge in [0.15, 0.2) is 0 Å². The first-order valence-electron chi connectivity index (χ1n) is 8.26. The zero-order chi connectivity index (χ0) is 14.9. The van der Waals surface area contributed by atoms with Crippen LogP contribution >= 0.6 is 0 Å². The van der Waals surface area contributed by atoms with Gasteiger partial charge in [-0.3, -0.25) is 4.90 Å². The third-order valence-electron chi connectivity index (χ3n) is 6.25. The van der Waals surface area contributed by atoms with Crippen LogP contribution in [0.25, 0.3) is 0 Å². The minimum Gasteiger partial charge on any atom is -0.486 e. The van der Waals surface area contributed by atoms with Gasteiger partial charge in [-0.1, -0.05) is 30.4 Å². The molecule has 1 spiro atoms. The Morgan fingerprint density at radius 2 is 2.32 bits per heavy atom. The van der Waals surface area contributed by atoms with Crippen LogP contribution in [0.5, 0.6) is 5.75 Å². The maximum atomic E-state index is 10.5. The van der Waals surface area contributed by atoms with E-state index in [2.05, 4.69) is 35.8 Å². The maximum absolute atomic E-state index is 10.5. The van der Waals surface area contributed by atoms with Crippen molar-refractivity contribution in [2.45, 2.75) is 36.5 Å². The maximum Gasteiger partial charge on any atom is 0.138 e. The minimum absolute atomic E-state index is 0.0271. The van der Waals surface area contributed by atoms with E-state index in [4.69, 9.17) is 4.74 Å². The molecule has 5 atom stereocenters. The molecule has 0 unspecified atom stereocenters. The number of rotatable bonds is 2. The Labute approximate surface area is 130 Å². The molecule has 1 fully saturated rings. The predicted octanol–water partition coefficient (Wildman–Crippen LogP) is 2.05. The van der Waals surface area contributed by atoms with E-state index < -0.39 is 6.10 Å². The topological polar surface area (TPSA) is 32.7 Å². The molecule has 1 aromatic rings. The van der Waals surface area contributed by atoms with Crippen LogP contribution in [0.15, 0.2) is 43.0 Å². The summed E-state index contributed by atoms with van der Waals surface area (Å²) in [6, 6.07) is 6.90. The molecule has 22 heavy (non-hydrogen) atoms. The second-order valence-corrected chi connectivity index (χ2v) is 7.08. The van der Waals surface area contributed by atoms with Crippen molar-refractivity contribution >= 4 is 0 Å². The van der Waals surface area contributed by atoms with Crippen molar-refractivity contribution in [3.8, 4) is 5.75 Å². The normalized spacial score (nSPS) is 41.0. The number of aliphatic hydroxyl groups excluding tert-OH is 1. The summed E-state index contributed by atoms with van der Waals surface area (Å²) in [5.74, 6) is 1.44. The van der Waals surface area contributed by atoms with E-state index in [1.165, 1.54) is 11.1 Å². The Bertz CT molecular complexity index is 682. The minimum atomic E-state index is -0.499. The van der Waals surface area contributed by atoms with E-state index in [9.17, 15) is 5.11 Å². The van der Waals surface area contributed by atoms with Crippen molar-refractivity contribution in [3.05, 3.63) is 54.1 Å². The van der Waals surface area contributed by atoms with Gasteiger partial charge >= 0.3 is 0 Å². The van der Waals surface area contributed by atoms with Crippen molar-refractivity contribution in [3.63, 3.8) is 0 Å². The summed E-state index contributed by atoms with van der Waals surface area (Å²) in [4.78, 5) is 2.55. The van der Waals surface area contributed by atoms with E-state index in [-0.39, 0.29) is 11.5 Å². The van der Waals surface area contributed by atoms with Crippen LogP contribution in [0.2, 0.25) is 0 Å². The molecule has 1 N–H and O–H groups in total. The molecule has 0 saturated carbocycles. The number of piperidine rings is 1. The van der Waals surface area contributed by atoms with Gasteiger partial charge in [-0.15, -0.1) is 6.58 Å². The molecule has 1 aromatic carbocycles. The molecule has 5 rings (SSSR count). The Morgan fingerprint density at radius 1 is 1.41 bits per heavy atom. The molecular formula is C19H21NO2. The monoisotopic (exact) mass is 295 g/mol. The second-order valence-electron chi connectivity index (χ2n) is 7.08. The zero-order valence-electron chi connectivity index (χ0n) is 12.6. The van der Waals surface area contributed by atoms with Gasteiger partial charge in [0, 0.05) is 29.5 Å². The fraction of sp³-hybridized carbons (Fsp3) is 0.474. The highest BCUT2D eigenvalue weighted by molar-refractivity contribution is 5.56. The summed E-state index contributed by atoms with van der Waals surface area (Å²) in [6.45, 7) is 5.92. The Balaban J connectivity index is 1.74. The zero-order valence-corrected chi connectivity index (χ0v) is 12.6. The third kappa shape index (κ3) is 1.35. The fourth-order valence-corrected chi connectivity index (χ4v) is 5.50. The first kappa shape index (κ1) is 12.9. The summed E-state index contributed by atoms with van der Waals surface area (Å²) in [6.07, 6.45) is 7.73. The standard InChI is InChI=1S/C19H21NO2/c1-2-9-20-10-8-19-13-6-7-15(21)18(19)22-16-5-3-4-12(17(16)19)11-14(13)20/h2-7,13-15,18,21H,1,8-11H2/t13-,14+,15-,18-,19-/m0/s1. The molecule has 0 amide bonds. The number of hydrogen-bond acceptors (Lipinski definition) is 3. The third-order valence-corrected chi connectivity index (χ3v) is 6.25. The van der Waals surface area contributed by atoms with E-state index >= 15 is 0 Å². The summed E-state index contributed by atoms with van der Waals surface area (Å²) in [5.41, 5.74) is 2.78. The van der Waals surface area contributed by atoms with Gasteiger partial charge in [0.2, 0.25) is 0 Å². The summed E-state index contributed by atoms with van der Waals surface area (Å²) < 4.78 is 6.25. The van der Waals surface area contributed by atoms with Crippen LogP contribution in [0.4, 0.5) is 0 Å². The average molecular weight is 295 g/mol. The fourth-order valence-electron chi connectivity index (χ4n) is 5.50. The van der Waals surface area contributed by atoms with Crippen molar-refractivity contribution in [1.82, 2.24) is 4.90 Å². The van der Waals surface area contributed by atoms with Gasteiger partial charge in [0.1, 0.15) is 18.0 Å². The molecule has 0 aromatic heterocycles. The van der Waals surface area contributed by atoms with E-state index in [1.807, 2.05) is 12.2 Å². The molecule has 2 aliphatic carbocycles. The number of nitrogens with zero attached hydrogens (tertiary/aromatic N) is 1. The number of benzene rings is 1. The van der Waals surface area contributed by atoms with Crippen LogP contribution < -0.4 is 4.74 Å². The first-order chi connectivity index (χ1) is 10.8. The van der Waals surface area contributed by atoms with Crippen molar-refractivity contribution in [1.29, 1.82) is 0 Å². The Kier molecular flexibility index (Phi) is 2.49. The molecule has 2 bridgehead atoms. The molecule has 114 valence electrons. The SMILES string of the molecule is C=CCN1CC[C@]23c4c5cccc4O[C@H]2[C@@H](O)C=C[C@H]3[C@H]1C5. The number of likely N-dealkylation sites (tertiary alicyclic amines) is 1. The highest BCUT2D eigenvalue weighted by Crippen LogP contribution is 2.60. The summed E-state index contributed by atoms with van der Waals surface area (Å²) in [5, 5.41) is 10.5. The average Bonchev–Trinajstić information content (AvgIpc) is 2.86. The van der Waals surface area contributed by atoms with Crippen LogP contribution in [0, 0.1) is 5.92 Å². The highest BCUT2D eigenvalue weighted by atomic mass is 16.5. The lowest BCUT2D eigenvalue weighted by Crippen LogP contribution is -2.65. The van der Waals surface area contributed by atoms with Crippen LogP contribution in [0.3, 0.4) is 0 Å². The van der Waals surface area contributed by atoms with Crippen LogP contribution in [-0.4, -0.2) is 41.3 Å². The molecule has 4 aliphatic rings. The van der Waals surface area contributed by atoms with Gasteiger partial charge in [-0.05, 0) is 31.0 Å². The summed E-state index contributed by atoms with van der Waals surface area (Å²) >= 11 is 0. The Morgan fingerprint density at radius 3 is 3.18 bits per heavy atom. The molecule has 0 radical (unpaired) electrons. The van der Waals surface area contributed by atoms with E-state index in [0.29, 0.717) is 12.0 Å². The van der Waals surface area contributed by atoms with Crippen LogP contribution in [-0.2, 0) is 11.8 Å². The van der Waals surface area contributed by atoms with Crippen molar-refractivity contribution < 1.29 is 9.84 Å². The largest absolute Gasteiger partial charge is 0.486 e. The molecule has 2 aliphatic heterocycles. The molecule has 3 heteroatoms. The van der Waals surface area contributed by atoms with Crippen molar-refractivity contribution in [2.75, 3.05) is 13.1 Å². The lowest BCUT2D eigenvalue weighted by atomic mass is 9.53. The first-order valence-corrected chi connectivity index (χ1v) is 8.26. The van der Waals surface area contributed by atoms with E-state index in [1.54, 1.807) is 0 Å². The second kappa shape index (κ2) is 4.24. The van der Waals surface area contributed by atoms with Gasteiger partial charge in [0.05, 0.1) is 0 Å². The van der Waals surface area contributed by atoms with Crippen LogP contribution in [0.1, 0.15) is 17.5 Å². The smallest absolute Gasteiger partial charge is 0.138 e. The van der Waals surface area contributed by atoms with Crippen molar-refractivity contribution in [2.24, 2.45) is 5.92 Å². The molecule has 1 saturated heterocycles. The van der Waals surface area contributed by atoms with Gasteiger partial charge in [0.25, 0.3) is 0 Å². The molecular weight excluding hydrogens is 274 g/mol. The lowest BCUT2D eigenvalue weighted by Gasteiger charge is -2.57. The number of hydrogen-bond donors (Lipinski definition) is 1. The van der Waals surface area contributed by atoms with Gasteiger partial charge < -0.3 is 9.84 Å². The highest BCUT2D eigenvalue weighted by Gasteiger charge is 2.63. The summed E-state index contributed by atoms with van der Waals surface area (Å²) in [7, 11) is 0. The predicted molar refractivity (Wildman–Crippen MR) is 85.1 cm³/mol. The number of ether oxygens (including phenoxy) is 1.